The van der Waals surface area contributed by atoms with E-state index >= 15 is 0 Å². The molecular formula is C20H30N2O2. The Labute approximate surface area is 144 Å². The van der Waals surface area contributed by atoms with E-state index in [4.69, 9.17) is 4.74 Å². The standard InChI is InChI=1S/C20H30N2O2/c1-5-14-8-6-9-16-17-12-15(13-22(3)4)24-20(2,10-7-11-23)19(17)21-18(14)16/h6,8-9,15,21,23H,5,7,10-13H2,1-4H3. The molecule has 2 N–H and O–H groups in total. The molecule has 0 saturated heterocycles. The fourth-order valence-corrected chi connectivity index (χ4v) is 4.10. The number of aryl methyl sites for hydroxylation is 1. The second kappa shape index (κ2) is 6.87. The highest BCUT2D eigenvalue weighted by Gasteiger charge is 2.39. The van der Waals surface area contributed by atoms with Gasteiger partial charge in [0, 0.05) is 30.5 Å². The first-order valence-corrected chi connectivity index (χ1v) is 9.04. The Balaban J connectivity index is 2.10. The zero-order valence-corrected chi connectivity index (χ0v) is 15.4. The number of para-hydroxylation sites is 1. The fourth-order valence-electron chi connectivity index (χ4n) is 4.10. The molecule has 2 heterocycles. The number of nitrogens with zero attached hydrogens (tertiary/aromatic N) is 1. The van der Waals surface area contributed by atoms with Crippen molar-refractivity contribution in [1.82, 2.24) is 9.88 Å². The van der Waals surface area contributed by atoms with E-state index in [0.29, 0.717) is 0 Å². The largest absolute Gasteiger partial charge is 0.396 e. The Morgan fingerprint density at radius 2 is 2.17 bits per heavy atom. The summed E-state index contributed by atoms with van der Waals surface area (Å²) in [6, 6.07) is 6.60. The van der Waals surface area contributed by atoms with E-state index in [1.807, 2.05) is 0 Å². The summed E-state index contributed by atoms with van der Waals surface area (Å²) >= 11 is 0. The molecule has 0 spiro atoms. The third-order valence-corrected chi connectivity index (χ3v) is 5.18. The van der Waals surface area contributed by atoms with Crippen LogP contribution >= 0.6 is 0 Å². The summed E-state index contributed by atoms with van der Waals surface area (Å²) in [5.74, 6) is 0. The van der Waals surface area contributed by atoms with E-state index < -0.39 is 0 Å². The lowest BCUT2D eigenvalue weighted by Gasteiger charge is -2.40. The Morgan fingerprint density at radius 3 is 2.83 bits per heavy atom. The van der Waals surface area contributed by atoms with Crippen LogP contribution < -0.4 is 0 Å². The van der Waals surface area contributed by atoms with Crippen LogP contribution in [0.25, 0.3) is 10.9 Å². The van der Waals surface area contributed by atoms with Crippen molar-refractivity contribution in [1.29, 1.82) is 0 Å². The van der Waals surface area contributed by atoms with Crippen molar-refractivity contribution in [2.45, 2.75) is 51.2 Å². The van der Waals surface area contributed by atoms with Gasteiger partial charge in [-0.25, -0.2) is 0 Å². The van der Waals surface area contributed by atoms with E-state index in [1.165, 1.54) is 27.7 Å². The number of aromatic amines is 1. The van der Waals surface area contributed by atoms with Crippen LogP contribution in [0, 0.1) is 0 Å². The Bertz CT molecular complexity index is 707. The van der Waals surface area contributed by atoms with Gasteiger partial charge < -0.3 is 19.7 Å². The molecule has 2 atom stereocenters. The lowest BCUT2D eigenvalue weighted by atomic mass is 9.86. The van der Waals surface area contributed by atoms with Gasteiger partial charge in [-0.1, -0.05) is 25.1 Å². The summed E-state index contributed by atoms with van der Waals surface area (Å²) in [6.07, 6.45) is 3.72. The second-order valence-electron chi connectivity index (χ2n) is 7.44. The second-order valence-corrected chi connectivity index (χ2v) is 7.44. The monoisotopic (exact) mass is 330 g/mol. The molecule has 3 rings (SSSR count). The first-order chi connectivity index (χ1) is 11.5. The Morgan fingerprint density at radius 1 is 1.38 bits per heavy atom. The van der Waals surface area contributed by atoms with Crippen molar-refractivity contribution >= 4 is 10.9 Å². The molecule has 4 heteroatoms. The van der Waals surface area contributed by atoms with Crippen molar-refractivity contribution in [2.24, 2.45) is 0 Å². The molecule has 0 saturated carbocycles. The van der Waals surface area contributed by atoms with E-state index in [-0.39, 0.29) is 18.3 Å². The predicted molar refractivity (Wildman–Crippen MR) is 98.5 cm³/mol. The van der Waals surface area contributed by atoms with Crippen LogP contribution in [0.2, 0.25) is 0 Å². The number of fused-ring (bicyclic) bond motifs is 3. The van der Waals surface area contributed by atoms with Crippen LogP contribution in [0.1, 0.15) is 43.5 Å². The molecule has 1 aromatic heterocycles. The Hall–Kier alpha value is -1.36. The summed E-state index contributed by atoms with van der Waals surface area (Å²) in [4.78, 5) is 5.88. The van der Waals surface area contributed by atoms with Crippen LogP contribution in [0.5, 0.6) is 0 Å². The molecular weight excluding hydrogens is 300 g/mol. The summed E-state index contributed by atoms with van der Waals surface area (Å²) in [7, 11) is 4.18. The maximum Gasteiger partial charge on any atom is 0.106 e. The fraction of sp³-hybridized carbons (Fsp3) is 0.600. The smallest absolute Gasteiger partial charge is 0.106 e. The van der Waals surface area contributed by atoms with Crippen molar-refractivity contribution < 1.29 is 9.84 Å². The number of rotatable bonds is 6. The van der Waals surface area contributed by atoms with Crippen LogP contribution in [0.3, 0.4) is 0 Å². The average molecular weight is 330 g/mol. The number of likely N-dealkylation sites (N-methyl/N-ethyl adjacent to an activating group) is 1. The van der Waals surface area contributed by atoms with E-state index in [2.05, 4.69) is 56.0 Å². The number of aromatic nitrogens is 1. The lowest BCUT2D eigenvalue weighted by molar-refractivity contribution is -0.114. The van der Waals surface area contributed by atoms with Crippen molar-refractivity contribution in [2.75, 3.05) is 27.2 Å². The summed E-state index contributed by atoms with van der Waals surface area (Å²) < 4.78 is 6.53. The molecule has 2 unspecified atom stereocenters. The number of aliphatic hydroxyl groups is 1. The minimum Gasteiger partial charge on any atom is -0.396 e. The van der Waals surface area contributed by atoms with Crippen molar-refractivity contribution in [3.05, 3.63) is 35.0 Å². The topological polar surface area (TPSA) is 48.5 Å². The van der Waals surface area contributed by atoms with Crippen molar-refractivity contribution in [3.8, 4) is 0 Å². The molecule has 0 aliphatic carbocycles. The van der Waals surface area contributed by atoms with Gasteiger partial charge in [-0.3, -0.25) is 0 Å². The number of H-pyrrole nitrogens is 1. The molecule has 0 radical (unpaired) electrons. The molecule has 0 amide bonds. The number of aliphatic hydroxyl groups excluding tert-OH is 1. The molecule has 1 aliphatic heterocycles. The number of hydrogen-bond donors (Lipinski definition) is 2. The molecule has 0 fully saturated rings. The molecule has 0 bridgehead atoms. The molecule has 1 aromatic carbocycles. The number of hydrogen-bond acceptors (Lipinski definition) is 3. The average Bonchev–Trinajstić information content (AvgIpc) is 2.92. The quantitative estimate of drug-likeness (QED) is 0.855. The van der Waals surface area contributed by atoms with Crippen LogP contribution in [0.4, 0.5) is 0 Å². The Kier molecular flexibility index (Phi) is 5.00. The highest BCUT2D eigenvalue weighted by Crippen LogP contribution is 2.42. The minimum atomic E-state index is -0.360. The number of benzene rings is 1. The lowest BCUT2D eigenvalue weighted by Crippen LogP contribution is -2.42. The third kappa shape index (κ3) is 3.10. The van der Waals surface area contributed by atoms with Crippen LogP contribution in [0.15, 0.2) is 18.2 Å². The molecule has 2 aromatic rings. The van der Waals surface area contributed by atoms with E-state index in [1.54, 1.807) is 0 Å². The SMILES string of the molecule is CCc1cccc2c3c([nH]c12)C(C)(CCCO)OC(CN(C)C)C3. The highest BCUT2D eigenvalue weighted by molar-refractivity contribution is 5.88. The molecule has 4 nitrogen and oxygen atoms in total. The van der Waals surface area contributed by atoms with E-state index in [9.17, 15) is 5.11 Å². The van der Waals surface area contributed by atoms with Crippen LogP contribution in [-0.4, -0.2) is 48.3 Å². The summed E-state index contributed by atoms with van der Waals surface area (Å²) in [5.41, 5.74) is 4.87. The summed E-state index contributed by atoms with van der Waals surface area (Å²) in [6.45, 7) is 5.48. The molecule has 132 valence electrons. The van der Waals surface area contributed by atoms with Gasteiger partial charge in [-0.2, -0.15) is 0 Å². The normalized spacial score (nSPS) is 23.8. The zero-order chi connectivity index (χ0) is 17.3. The maximum atomic E-state index is 9.32. The molecule has 1 aliphatic rings. The third-order valence-electron chi connectivity index (χ3n) is 5.18. The van der Waals surface area contributed by atoms with Gasteiger partial charge in [0.05, 0.1) is 11.8 Å². The van der Waals surface area contributed by atoms with Gasteiger partial charge in [-0.15, -0.1) is 0 Å². The number of ether oxygens (including phenoxy) is 1. The van der Waals surface area contributed by atoms with Gasteiger partial charge in [0.1, 0.15) is 5.60 Å². The van der Waals surface area contributed by atoms with Gasteiger partial charge in [-0.05, 0) is 51.4 Å². The maximum absolute atomic E-state index is 9.32. The van der Waals surface area contributed by atoms with Gasteiger partial charge in [0.25, 0.3) is 0 Å². The van der Waals surface area contributed by atoms with Gasteiger partial charge in [0.15, 0.2) is 0 Å². The first-order valence-electron chi connectivity index (χ1n) is 9.04. The minimum absolute atomic E-state index is 0.181. The van der Waals surface area contributed by atoms with Crippen molar-refractivity contribution in [3.63, 3.8) is 0 Å². The van der Waals surface area contributed by atoms with Gasteiger partial charge >= 0.3 is 0 Å². The van der Waals surface area contributed by atoms with E-state index in [0.717, 1.165) is 32.2 Å². The highest BCUT2D eigenvalue weighted by atomic mass is 16.5. The first kappa shape index (κ1) is 17.5. The molecule has 24 heavy (non-hydrogen) atoms. The zero-order valence-electron chi connectivity index (χ0n) is 15.4. The van der Waals surface area contributed by atoms with Gasteiger partial charge in [0.2, 0.25) is 0 Å². The predicted octanol–water partition coefficient (Wildman–Crippen LogP) is 3.22. The summed E-state index contributed by atoms with van der Waals surface area (Å²) in [5, 5.41) is 10.7. The number of nitrogens with one attached hydrogen (secondary N) is 1. The van der Waals surface area contributed by atoms with Crippen LogP contribution in [-0.2, 0) is 23.2 Å².